The lowest BCUT2D eigenvalue weighted by atomic mass is 10.0. The Kier molecular flexibility index (Phi) is 5.95. The number of hydrogen-bond donors (Lipinski definition) is 1. The average molecular weight is 326 g/mol. The molecule has 0 aliphatic heterocycles. The second-order valence-corrected chi connectivity index (χ2v) is 5.66. The van der Waals surface area contributed by atoms with E-state index in [1.807, 2.05) is 67.5 Å². The van der Waals surface area contributed by atoms with E-state index in [1.165, 1.54) is 7.11 Å². The van der Waals surface area contributed by atoms with Gasteiger partial charge in [-0.1, -0.05) is 36.4 Å². The van der Waals surface area contributed by atoms with Crippen LogP contribution in [0.3, 0.4) is 0 Å². The third-order valence-electron chi connectivity index (χ3n) is 3.73. The molecule has 0 bridgehead atoms. The minimum Gasteiger partial charge on any atom is -0.469 e. The highest BCUT2D eigenvalue weighted by atomic mass is 16.5. The van der Waals surface area contributed by atoms with Gasteiger partial charge < -0.3 is 15.0 Å². The molecule has 1 amide bonds. The summed E-state index contributed by atoms with van der Waals surface area (Å²) in [6, 6.07) is 16.3. The van der Waals surface area contributed by atoms with Gasteiger partial charge in [0.2, 0.25) is 0 Å². The minimum absolute atomic E-state index is 0.0830. The highest BCUT2D eigenvalue weighted by molar-refractivity contribution is 5.95. The normalized spacial score (nSPS) is 11.5. The van der Waals surface area contributed by atoms with Crippen molar-refractivity contribution >= 4 is 17.6 Å². The van der Waals surface area contributed by atoms with Gasteiger partial charge >= 0.3 is 5.97 Å². The largest absolute Gasteiger partial charge is 0.469 e. The highest BCUT2D eigenvalue weighted by Crippen LogP contribution is 2.19. The predicted molar refractivity (Wildman–Crippen MR) is 94.1 cm³/mol. The number of carbonyl (C=O) groups is 2. The summed E-state index contributed by atoms with van der Waals surface area (Å²) in [5.41, 5.74) is 2.35. The molecule has 0 saturated heterocycles. The van der Waals surface area contributed by atoms with Crippen LogP contribution in [-0.2, 0) is 9.53 Å². The first-order valence-corrected chi connectivity index (χ1v) is 7.71. The average Bonchev–Trinajstić information content (AvgIpc) is 2.61. The minimum atomic E-state index is -0.436. The molecule has 2 aromatic rings. The number of anilines is 1. The molecule has 0 aromatic heterocycles. The fourth-order valence-corrected chi connectivity index (χ4v) is 2.35. The van der Waals surface area contributed by atoms with E-state index in [0.29, 0.717) is 5.56 Å². The van der Waals surface area contributed by atoms with Gasteiger partial charge in [0.05, 0.1) is 19.6 Å². The number of nitrogens with one attached hydrogen (secondary N) is 1. The molecule has 0 saturated carbocycles. The van der Waals surface area contributed by atoms with E-state index < -0.39 is 6.04 Å². The summed E-state index contributed by atoms with van der Waals surface area (Å²) in [5.74, 6) is -0.595. The number of carbonyl (C=O) groups excluding carboxylic acids is 2. The summed E-state index contributed by atoms with van der Waals surface area (Å²) >= 11 is 0. The lowest BCUT2D eigenvalue weighted by Gasteiger charge is -2.19. The number of nitrogens with zero attached hydrogens (tertiary/aromatic N) is 1. The quantitative estimate of drug-likeness (QED) is 0.829. The zero-order valence-corrected chi connectivity index (χ0v) is 14.2. The number of benzene rings is 2. The molecular formula is C19H22N2O3. The van der Waals surface area contributed by atoms with Gasteiger partial charge in [0.15, 0.2) is 0 Å². The van der Waals surface area contributed by atoms with Crippen LogP contribution in [0.5, 0.6) is 0 Å². The molecule has 24 heavy (non-hydrogen) atoms. The van der Waals surface area contributed by atoms with Crippen molar-refractivity contribution in [2.24, 2.45) is 0 Å². The molecule has 0 unspecified atom stereocenters. The molecule has 0 spiro atoms. The monoisotopic (exact) mass is 326 g/mol. The van der Waals surface area contributed by atoms with Gasteiger partial charge in [-0.2, -0.15) is 0 Å². The maximum Gasteiger partial charge on any atom is 0.307 e. The summed E-state index contributed by atoms with van der Waals surface area (Å²) in [6.07, 6.45) is 0.0830. The number of esters is 1. The topological polar surface area (TPSA) is 58.6 Å². The Morgan fingerprint density at radius 2 is 1.79 bits per heavy atom. The van der Waals surface area contributed by atoms with Crippen LogP contribution in [0.2, 0.25) is 0 Å². The maximum absolute atomic E-state index is 12.6. The second kappa shape index (κ2) is 8.15. The summed E-state index contributed by atoms with van der Waals surface area (Å²) in [4.78, 5) is 26.2. The van der Waals surface area contributed by atoms with Crippen molar-refractivity contribution in [3.05, 3.63) is 65.7 Å². The van der Waals surface area contributed by atoms with Gasteiger partial charge in [-0.3, -0.25) is 9.59 Å². The first-order chi connectivity index (χ1) is 11.5. The number of ether oxygens (including phenoxy) is 1. The molecule has 0 radical (unpaired) electrons. The van der Waals surface area contributed by atoms with E-state index in [4.69, 9.17) is 4.74 Å². The number of methoxy groups -OCH3 is 1. The standard InChI is InChI=1S/C19H22N2O3/c1-21(2)16-11-7-10-15(12-16)19(23)20-17(13-18(22)24-3)14-8-5-4-6-9-14/h4-12,17H,13H2,1-3H3,(H,20,23)/t17-/m1/s1. The van der Waals surface area contributed by atoms with Crippen molar-refractivity contribution < 1.29 is 14.3 Å². The van der Waals surface area contributed by atoms with Gasteiger partial charge in [-0.05, 0) is 23.8 Å². The lowest BCUT2D eigenvalue weighted by molar-refractivity contribution is -0.141. The Bertz CT molecular complexity index is 699. The van der Waals surface area contributed by atoms with E-state index in [9.17, 15) is 9.59 Å². The fourth-order valence-electron chi connectivity index (χ4n) is 2.35. The SMILES string of the molecule is COC(=O)C[C@@H](NC(=O)c1cccc(N(C)C)c1)c1ccccc1. The van der Waals surface area contributed by atoms with Crippen molar-refractivity contribution in [1.82, 2.24) is 5.32 Å². The van der Waals surface area contributed by atoms with Crippen molar-refractivity contribution in [1.29, 1.82) is 0 Å². The van der Waals surface area contributed by atoms with Crippen molar-refractivity contribution in [2.75, 3.05) is 26.1 Å². The molecule has 5 nitrogen and oxygen atoms in total. The molecule has 2 aromatic carbocycles. The van der Waals surface area contributed by atoms with Crippen molar-refractivity contribution in [2.45, 2.75) is 12.5 Å². The maximum atomic E-state index is 12.6. The molecule has 5 heteroatoms. The molecule has 0 heterocycles. The second-order valence-electron chi connectivity index (χ2n) is 5.66. The number of hydrogen-bond acceptors (Lipinski definition) is 4. The summed E-state index contributed by atoms with van der Waals surface area (Å²) < 4.78 is 4.74. The van der Waals surface area contributed by atoms with E-state index in [2.05, 4.69) is 5.32 Å². The summed E-state index contributed by atoms with van der Waals surface area (Å²) in [7, 11) is 5.18. The van der Waals surface area contributed by atoms with E-state index in [1.54, 1.807) is 6.07 Å². The van der Waals surface area contributed by atoms with Gasteiger partial charge in [0, 0.05) is 25.3 Å². The van der Waals surface area contributed by atoms with Crippen LogP contribution in [0.25, 0.3) is 0 Å². The Hall–Kier alpha value is -2.82. The highest BCUT2D eigenvalue weighted by Gasteiger charge is 2.19. The Labute approximate surface area is 142 Å². The fraction of sp³-hybridized carbons (Fsp3) is 0.263. The molecule has 126 valence electrons. The Morgan fingerprint density at radius 3 is 2.42 bits per heavy atom. The molecule has 0 aliphatic carbocycles. The van der Waals surface area contributed by atoms with Gasteiger partial charge in [-0.25, -0.2) is 0 Å². The molecule has 1 atom stereocenters. The third-order valence-corrected chi connectivity index (χ3v) is 3.73. The van der Waals surface area contributed by atoms with Crippen LogP contribution in [0.4, 0.5) is 5.69 Å². The van der Waals surface area contributed by atoms with E-state index in [-0.39, 0.29) is 18.3 Å². The van der Waals surface area contributed by atoms with Crippen molar-refractivity contribution in [3.63, 3.8) is 0 Å². The van der Waals surface area contributed by atoms with Crippen LogP contribution in [0, 0.1) is 0 Å². The molecule has 0 aliphatic rings. The zero-order valence-electron chi connectivity index (χ0n) is 14.2. The summed E-state index contributed by atoms with van der Waals surface area (Å²) in [6.45, 7) is 0. The Morgan fingerprint density at radius 1 is 1.08 bits per heavy atom. The third kappa shape index (κ3) is 4.59. The Balaban J connectivity index is 2.21. The first-order valence-electron chi connectivity index (χ1n) is 7.71. The molecule has 0 fully saturated rings. The summed E-state index contributed by atoms with van der Waals surface area (Å²) in [5, 5.41) is 2.92. The van der Waals surface area contributed by atoms with Crippen LogP contribution in [0.1, 0.15) is 28.4 Å². The van der Waals surface area contributed by atoms with Gasteiger partial charge in [-0.15, -0.1) is 0 Å². The van der Waals surface area contributed by atoms with Crippen LogP contribution >= 0.6 is 0 Å². The number of rotatable bonds is 6. The zero-order chi connectivity index (χ0) is 17.5. The lowest BCUT2D eigenvalue weighted by Crippen LogP contribution is -2.30. The van der Waals surface area contributed by atoms with Crippen molar-refractivity contribution in [3.8, 4) is 0 Å². The van der Waals surface area contributed by atoms with Gasteiger partial charge in [0.1, 0.15) is 0 Å². The van der Waals surface area contributed by atoms with E-state index in [0.717, 1.165) is 11.3 Å². The van der Waals surface area contributed by atoms with E-state index >= 15 is 0 Å². The molecule has 1 N–H and O–H groups in total. The molecule has 2 rings (SSSR count). The smallest absolute Gasteiger partial charge is 0.307 e. The van der Waals surface area contributed by atoms with Crippen LogP contribution in [0.15, 0.2) is 54.6 Å². The van der Waals surface area contributed by atoms with Crippen LogP contribution < -0.4 is 10.2 Å². The van der Waals surface area contributed by atoms with Crippen LogP contribution in [-0.4, -0.2) is 33.1 Å². The predicted octanol–water partition coefficient (Wildman–Crippen LogP) is 2.79. The number of amides is 1. The molecular weight excluding hydrogens is 304 g/mol. The van der Waals surface area contributed by atoms with Gasteiger partial charge in [0.25, 0.3) is 5.91 Å². The first kappa shape index (κ1) is 17.5.